The predicted octanol–water partition coefficient (Wildman–Crippen LogP) is 2.96. The lowest BCUT2D eigenvalue weighted by Crippen LogP contribution is -2.39. The average molecular weight is 433 g/mol. The second kappa shape index (κ2) is 9.06. The monoisotopic (exact) mass is 432 g/mol. The van der Waals surface area contributed by atoms with Crippen LogP contribution in [-0.4, -0.2) is 45.4 Å². The first-order valence-corrected chi connectivity index (χ1v) is 11.3. The van der Waals surface area contributed by atoms with Crippen LogP contribution in [0.15, 0.2) is 41.3 Å². The first-order chi connectivity index (χ1) is 14.2. The first-order valence-electron chi connectivity index (χ1n) is 9.91. The third-order valence-corrected chi connectivity index (χ3v) is 7.00. The lowest BCUT2D eigenvalue weighted by molar-refractivity contribution is -0.121. The molecule has 3 rings (SSSR count). The number of nitrogens with one attached hydrogen (secondary N) is 1. The molecule has 1 atom stereocenters. The normalized spacial score (nSPS) is 14.8. The molecule has 1 heterocycles. The zero-order chi connectivity index (χ0) is 21.9. The van der Waals surface area contributed by atoms with E-state index in [-0.39, 0.29) is 23.4 Å². The van der Waals surface area contributed by atoms with Gasteiger partial charge in [-0.2, -0.15) is 4.31 Å². The molecule has 0 saturated carbocycles. The van der Waals surface area contributed by atoms with Gasteiger partial charge in [-0.3, -0.25) is 4.79 Å². The molecule has 0 saturated heterocycles. The maximum atomic E-state index is 12.8. The van der Waals surface area contributed by atoms with Gasteiger partial charge in [0, 0.05) is 13.5 Å². The SMILES string of the molecule is Cc1ccc(S(=O)(=O)N(C)CC(=O)NC(C)c2ccc3c(c2)OCCCO3)cc1C. The van der Waals surface area contributed by atoms with E-state index in [1.54, 1.807) is 18.2 Å². The van der Waals surface area contributed by atoms with Gasteiger partial charge in [-0.05, 0) is 61.7 Å². The fraction of sp³-hybridized carbons (Fsp3) is 0.409. The lowest BCUT2D eigenvalue weighted by atomic mass is 10.1. The molecular weight excluding hydrogens is 404 g/mol. The van der Waals surface area contributed by atoms with Gasteiger partial charge in [0.1, 0.15) is 0 Å². The summed E-state index contributed by atoms with van der Waals surface area (Å²) < 4.78 is 38.0. The molecule has 8 heteroatoms. The zero-order valence-corrected chi connectivity index (χ0v) is 18.6. The molecule has 0 fully saturated rings. The van der Waals surface area contributed by atoms with Crippen LogP contribution in [0.1, 0.15) is 36.1 Å². The van der Waals surface area contributed by atoms with Crippen molar-refractivity contribution in [1.82, 2.24) is 9.62 Å². The Bertz CT molecular complexity index is 1040. The molecule has 0 bridgehead atoms. The highest BCUT2D eigenvalue weighted by Crippen LogP contribution is 2.32. The van der Waals surface area contributed by atoms with Crippen molar-refractivity contribution in [3.8, 4) is 11.5 Å². The largest absolute Gasteiger partial charge is 0.490 e. The van der Waals surface area contributed by atoms with Crippen molar-refractivity contribution in [2.45, 2.75) is 38.1 Å². The van der Waals surface area contributed by atoms with E-state index in [0.717, 1.165) is 27.4 Å². The van der Waals surface area contributed by atoms with E-state index < -0.39 is 10.0 Å². The Morgan fingerprint density at radius 2 is 1.77 bits per heavy atom. The van der Waals surface area contributed by atoms with Crippen LogP contribution in [0.2, 0.25) is 0 Å². The summed E-state index contributed by atoms with van der Waals surface area (Å²) in [7, 11) is -2.35. The van der Waals surface area contributed by atoms with Gasteiger partial charge in [0.25, 0.3) is 0 Å². The number of nitrogens with zero attached hydrogens (tertiary/aromatic N) is 1. The zero-order valence-electron chi connectivity index (χ0n) is 17.8. The van der Waals surface area contributed by atoms with Crippen molar-refractivity contribution < 1.29 is 22.7 Å². The first kappa shape index (κ1) is 22.1. The number of carbonyl (C=O) groups is 1. The second-order valence-electron chi connectivity index (χ2n) is 7.55. The fourth-order valence-corrected chi connectivity index (χ4v) is 4.37. The van der Waals surface area contributed by atoms with Gasteiger partial charge in [-0.15, -0.1) is 0 Å². The van der Waals surface area contributed by atoms with Crippen LogP contribution in [0.25, 0.3) is 0 Å². The Morgan fingerprint density at radius 1 is 1.07 bits per heavy atom. The van der Waals surface area contributed by atoms with Crippen molar-refractivity contribution in [3.63, 3.8) is 0 Å². The van der Waals surface area contributed by atoms with Crippen LogP contribution in [0.5, 0.6) is 11.5 Å². The Balaban J connectivity index is 1.65. The summed E-state index contributed by atoms with van der Waals surface area (Å²) in [5.74, 6) is 0.957. The average Bonchev–Trinajstić information content (AvgIpc) is 2.94. The molecule has 1 aliphatic heterocycles. The minimum atomic E-state index is -3.75. The van der Waals surface area contributed by atoms with E-state index >= 15 is 0 Å². The quantitative estimate of drug-likeness (QED) is 0.759. The molecule has 1 unspecified atom stereocenters. The Hall–Kier alpha value is -2.58. The molecule has 7 nitrogen and oxygen atoms in total. The molecule has 0 aliphatic carbocycles. The van der Waals surface area contributed by atoms with Crippen LogP contribution in [-0.2, 0) is 14.8 Å². The molecule has 1 aliphatic rings. The van der Waals surface area contributed by atoms with Gasteiger partial charge >= 0.3 is 0 Å². The van der Waals surface area contributed by atoms with Crippen LogP contribution in [0, 0.1) is 13.8 Å². The van der Waals surface area contributed by atoms with Crippen LogP contribution in [0.4, 0.5) is 0 Å². The highest BCUT2D eigenvalue weighted by atomic mass is 32.2. The minimum absolute atomic E-state index is 0.178. The number of benzene rings is 2. The molecule has 162 valence electrons. The minimum Gasteiger partial charge on any atom is -0.490 e. The maximum Gasteiger partial charge on any atom is 0.243 e. The molecule has 1 amide bonds. The van der Waals surface area contributed by atoms with Crippen molar-refractivity contribution in [3.05, 3.63) is 53.1 Å². The number of hydrogen-bond acceptors (Lipinski definition) is 5. The number of amides is 1. The number of likely N-dealkylation sites (N-methyl/N-ethyl adjacent to an activating group) is 1. The van der Waals surface area contributed by atoms with Crippen LogP contribution >= 0.6 is 0 Å². The molecule has 0 aromatic heterocycles. The standard InChI is InChI=1S/C22H28N2O5S/c1-15-6-8-19(12-16(15)2)30(26,27)24(4)14-22(25)23-17(3)18-7-9-20-21(13-18)29-11-5-10-28-20/h6-9,12-13,17H,5,10-11,14H2,1-4H3,(H,23,25). The van der Waals surface area contributed by atoms with Crippen molar-refractivity contribution in [2.24, 2.45) is 0 Å². The van der Waals surface area contributed by atoms with Gasteiger partial charge in [0.2, 0.25) is 15.9 Å². The van der Waals surface area contributed by atoms with E-state index in [0.29, 0.717) is 24.7 Å². The summed E-state index contributed by atoms with van der Waals surface area (Å²) in [5, 5.41) is 2.85. The van der Waals surface area contributed by atoms with E-state index in [2.05, 4.69) is 5.32 Å². The summed E-state index contributed by atoms with van der Waals surface area (Å²) in [6.45, 7) is 6.54. The summed E-state index contributed by atoms with van der Waals surface area (Å²) in [5.41, 5.74) is 2.75. The highest BCUT2D eigenvalue weighted by Gasteiger charge is 2.24. The van der Waals surface area contributed by atoms with Crippen LogP contribution < -0.4 is 14.8 Å². The Labute approximate surface area is 178 Å². The molecule has 30 heavy (non-hydrogen) atoms. The summed E-state index contributed by atoms with van der Waals surface area (Å²) in [4.78, 5) is 12.7. The topological polar surface area (TPSA) is 84.9 Å². The number of sulfonamides is 1. The van der Waals surface area contributed by atoms with E-state index in [4.69, 9.17) is 9.47 Å². The van der Waals surface area contributed by atoms with Gasteiger partial charge in [0.15, 0.2) is 11.5 Å². The van der Waals surface area contributed by atoms with Gasteiger partial charge < -0.3 is 14.8 Å². The third kappa shape index (κ3) is 4.94. The number of fused-ring (bicyclic) bond motifs is 1. The van der Waals surface area contributed by atoms with Crippen molar-refractivity contribution >= 4 is 15.9 Å². The highest BCUT2D eigenvalue weighted by molar-refractivity contribution is 7.89. The van der Waals surface area contributed by atoms with Crippen molar-refractivity contribution in [2.75, 3.05) is 26.8 Å². The molecule has 0 spiro atoms. The number of carbonyl (C=O) groups excluding carboxylic acids is 1. The van der Waals surface area contributed by atoms with Crippen molar-refractivity contribution in [1.29, 1.82) is 0 Å². The smallest absolute Gasteiger partial charge is 0.243 e. The molecule has 0 radical (unpaired) electrons. The molecule has 2 aromatic rings. The van der Waals surface area contributed by atoms with Gasteiger partial charge in [0.05, 0.1) is 30.7 Å². The number of hydrogen-bond donors (Lipinski definition) is 1. The Kier molecular flexibility index (Phi) is 6.67. The molecule has 2 aromatic carbocycles. The fourth-order valence-electron chi connectivity index (χ4n) is 3.16. The summed E-state index contributed by atoms with van der Waals surface area (Å²) in [6, 6.07) is 10.2. The van der Waals surface area contributed by atoms with E-state index in [1.165, 1.54) is 7.05 Å². The number of ether oxygens (including phenoxy) is 2. The second-order valence-corrected chi connectivity index (χ2v) is 9.60. The van der Waals surface area contributed by atoms with E-state index in [9.17, 15) is 13.2 Å². The predicted molar refractivity (Wildman–Crippen MR) is 114 cm³/mol. The summed E-state index contributed by atoms with van der Waals surface area (Å²) >= 11 is 0. The van der Waals surface area contributed by atoms with Crippen LogP contribution in [0.3, 0.4) is 0 Å². The molecular formula is C22H28N2O5S. The van der Waals surface area contributed by atoms with Gasteiger partial charge in [-0.25, -0.2) is 8.42 Å². The van der Waals surface area contributed by atoms with Gasteiger partial charge in [-0.1, -0.05) is 12.1 Å². The molecule has 1 N–H and O–H groups in total. The number of aryl methyl sites for hydroxylation is 2. The number of rotatable bonds is 6. The maximum absolute atomic E-state index is 12.8. The van der Waals surface area contributed by atoms with E-state index in [1.807, 2.05) is 39.0 Å². The Morgan fingerprint density at radius 3 is 2.47 bits per heavy atom. The summed E-state index contributed by atoms with van der Waals surface area (Å²) in [6.07, 6.45) is 0.817. The lowest BCUT2D eigenvalue weighted by Gasteiger charge is -2.20. The third-order valence-electron chi connectivity index (χ3n) is 5.20.